The summed E-state index contributed by atoms with van der Waals surface area (Å²) in [5.41, 5.74) is 0.714. The second-order valence-electron chi connectivity index (χ2n) is 6.74. The molecule has 0 atom stereocenters. The molecule has 8 nitrogen and oxygen atoms in total. The third kappa shape index (κ3) is 10.3. The van der Waals surface area contributed by atoms with Crippen LogP contribution in [0.5, 0.6) is 0 Å². The fourth-order valence-corrected chi connectivity index (χ4v) is 2.04. The Balaban J connectivity index is 2.24. The second-order valence-corrected chi connectivity index (χ2v) is 6.74. The van der Waals surface area contributed by atoms with Gasteiger partial charge in [0.15, 0.2) is 5.96 Å². The molecule has 0 aliphatic rings. The van der Waals surface area contributed by atoms with Crippen molar-refractivity contribution in [3.63, 3.8) is 0 Å². The molecule has 1 heterocycles. The van der Waals surface area contributed by atoms with Crippen LogP contribution in [0.1, 0.15) is 39.7 Å². The number of hydrogen-bond acceptors (Lipinski definition) is 4. The molecule has 0 bridgehead atoms. The zero-order chi connectivity index (χ0) is 18.7. The van der Waals surface area contributed by atoms with Crippen molar-refractivity contribution in [2.45, 2.75) is 46.1 Å². The Morgan fingerprint density at radius 1 is 1.28 bits per heavy atom. The van der Waals surface area contributed by atoms with Crippen LogP contribution >= 0.6 is 0 Å². The van der Waals surface area contributed by atoms with Crippen LogP contribution in [0.2, 0.25) is 0 Å². The van der Waals surface area contributed by atoms with Crippen molar-refractivity contribution in [2.24, 2.45) is 12.0 Å². The average Bonchev–Trinajstić information content (AvgIpc) is 2.90. The van der Waals surface area contributed by atoms with Gasteiger partial charge in [0, 0.05) is 39.4 Å². The van der Waals surface area contributed by atoms with Crippen molar-refractivity contribution in [1.82, 2.24) is 25.7 Å². The van der Waals surface area contributed by atoms with Crippen molar-refractivity contribution in [2.75, 3.05) is 26.2 Å². The molecule has 25 heavy (non-hydrogen) atoms. The van der Waals surface area contributed by atoms with Crippen molar-refractivity contribution < 1.29 is 9.53 Å². The number of nitrogens with one attached hydrogen (secondary N) is 3. The van der Waals surface area contributed by atoms with Crippen LogP contribution in [0.4, 0.5) is 4.79 Å². The Hall–Kier alpha value is -2.25. The highest BCUT2D eigenvalue weighted by atomic mass is 16.6. The maximum absolute atomic E-state index is 11.5. The maximum Gasteiger partial charge on any atom is 0.407 e. The predicted molar refractivity (Wildman–Crippen MR) is 99.7 cm³/mol. The largest absolute Gasteiger partial charge is 0.444 e. The van der Waals surface area contributed by atoms with E-state index in [9.17, 15) is 4.79 Å². The summed E-state index contributed by atoms with van der Waals surface area (Å²) < 4.78 is 6.98. The number of amides is 1. The molecule has 8 heteroatoms. The molecule has 0 spiro atoms. The molecule has 1 amide bonds. The van der Waals surface area contributed by atoms with Gasteiger partial charge in [-0.15, -0.1) is 0 Å². The van der Waals surface area contributed by atoms with Crippen LogP contribution in [0.3, 0.4) is 0 Å². The summed E-state index contributed by atoms with van der Waals surface area (Å²) >= 11 is 0. The fraction of sp³-hybridized carbons (Fsp3) is 0.706. The van der Waals surface area contributed by atoms with Crippen LogP contribution in [-0.4, -0.2) is 53.6 Å². The summed E-state index contributed by atoms with van der Waals surface area (Å²) in [6.07, 6.45) is 5.12. The lowest BCUT2D eigenvalue weighted by atomic mass is 10.2. The molecule has 0 saturated heterocycles. The Kier molecular flexibility index (Phi) is 8.80. The van der Waals surface area contributed by atoms with E-state index in [2.05, 4.69) is 26.0 Å². The number of guanidine groups is 1. The van der Waals surface area contributed by atoms with Gasteiger partial charge in [0.25, 0.3) is 0 Å². The average molecular weight is 352 g/mol. The summed E-state index contributed by atoms with van der Waals surface area (Å²) in [6.45, 7) is 10.3. The van der Waals surface area contributed by atoms with Crippen LogP contribution in [0.15, 0.2) is 17.4 Å². The zero-order valence-corrected chi connectivity index (χ0v) is 16.1. The molecule has 1 rings (SSSR count). The predicted octanol–water partition coefficient (Wildman–Crippen LogP) is 1.43. The third-order valence-corrected chi connectivity index (χ3v) is 3.08. The first-order valence-corrected chi connectivity index (χ1v) is 8.76. The first-order valence-electron chi connectivity index (χ1n) is 8.76. The molecule has 0 radical (unpaired) electrons. The lowest BCUT2D eigenvalue weighted by Gasteiger charge is -2.19. The minimum absolute atomic E-state index is 0.391. The van der Waals surface area contributed by atoms with Crippen LogP contribution in [0.25, 0.3) is 0 Å². The standard InChI is InChI=1S/C17H32N6O2/c1-6-18-15(20-11-8-14-12-22-23(5)13-14)19-9-7-10-21-16(24)25-17(2,3)4/h12-13H,6-11H2,1-5H3,(H,21,24)(H2,18,19,20). The zero-order valence-electron chi connectivity index (χ0n) is 16.1. The van der Waals surface area contributed by atoms with Gasteiger partial charge < -0.3 is 20.7 Å². The number of aliphatic imine (C=N–C) groups is 1. The molecule has 0 aliphatic heterocycles. The summed E-state index contributed by atoms with van der Waals surface area (Å²) in [7, 11) is 1.91. The van der Waals surface area contributed by atoms with Gasteiger partial charge in [0.05, 0.1) is 6.20 Å². The number of ether oxygens (including phenoxy) is 1. The molecule has 0 aromatic carbocycles. The SMILES string of the molecule is CCNC(=NCCCNC(=O)OC(C)(C)C)NCCc1cnn(C)c1. The van der Waals surface area contributed by atoms with Gasteiger partial charge in [0.2, 0.25) is 0 Å². The van der Waals surface area contributed by atoms with Crippen molar-refractivity contribution in [1.29, 1.82) is 0 Å². The molecule has 0 unspecified atom stereocenters. The lowest BCUT2D eigenvalue weighted by molar-refractivity contribution is 0.0527. The van der Waals surface area contributed by atoms with E-state index in [1.54, 1.807) is 4.68 Å². The van der Waals surface area contributed by atoms with Crippen molar-refractivity contribution in [3.05, 3.63) is 18.0 Å². The first-order chi connectivity index (χ1) is 11.8. The Morgan fingerprint density at radius 2 is 2.04 bits per heavy atom. The molecule has 3 N–H and O–H groups in total. The van der Waals surface area contributed by atoms with E-state index >= 15 is 0 Å². The van der Waals surface area contributed by atoms with Gasteiger partial charge in [-0.3, -0.25) is 9.67 Å². The molecular formula is C17H32N6O2. The highest BCUT2D eigenvalue weighted by Crippen LogP contribution is 2.06. The van der Waals surface area contributed by atoms with Gasteiger partial charge in [-0.05, 0) is 46.1 Å². The van der Waals surface area contributed by atoms with Crippen LogP contribution in [0, 0.1) is 0 Å². The molecule has 0 saturated carbocycles. The van der Waals surface area contributed by atoms with Gasteiger partial charge in [-0.2, -0.15) is 5.10 Å². The summed E-state index contributed by atoms with van der Waals surface area (Å²) in [5, 5.41) is 13.4. The molecule has 142 valence electrons. The minimum atomic E-state index is -0.474. The summed E-state index contributed by atoms with van der Waals surface area (Å²) in [4.78, 5) is 16.0. The number of nitrogens with zero attached hydrogens (tertiary/aromatic N) is 3. The summed E-state index contributed by atoms with van der Waals surface area (Å²) in [6, 6.07) is 0. The van der Waals surface area contributed by atoms with Crippen LogP contribution in [-0.2, 0) is 18.2 Å². The number of rotatable bonds is 8. The highest BCUT2D eigenvalue weighted by molar-refractivity contribution is 5.79. The third-order valence-electron chi connectivity index (χ3n) is 3.08. The van der Waals surface area contributed by atoms with E-state index in [0.29, 0.717) is 13.1 Å². The second kappa shape index (κ2) is 10.6. The minimum Gasteiger partial charge on any atom is -0.444 e. The fourth-order valence-electron chi connectivity index (χ4n) is 2.04. The summed E-state index contributed by atoms with van der Waals surface area (Å²) in [5.74, 6) is 0.781. The quantitative estimate of drug-likeness (QED) is 0.374. The number of carbonyl (C=O) groups is 1. The monoisotopic (exact) mass is 352 g/mol. The van der Waals surface area contributed by atoms with Gasteiger partial charge >= 0.3 is 6.09 Å². The van der Waals surface area contributed by atoms with Gasteiger partial charge in [-0.1, -0.05) is 0 Å². The Morgan fingerprint density at radius 3 is 2.64 bits per heavy atom. The number of alkyl carbamates (subject to hydrolysis) is 1. The van der Waals surface area contributed by atoms with E-state index in [1.165, 1.54) is 5.56 Å². The molecule has 0 aliphatic carbocycles. The van der Waals surface area contributed by atoms with E-state index in [4.69, 9.17) is 4.74 Å². The molecule has 1 aromatic heterocycles. The normalized spacial score (nSPS) is 12.0. The number of aryl methyl sites for hydroxylation is 1. The van der Waals surface area contributed by atoms with E-state index in [1.807, 2.05) is 47.1 Å². The van der Waals surface area contributed by atoms with Crippen molar-refractivity contribution >= 4 is 12.1 Å². The van der Waals surface area contributed by atoms with Crippen LogP contribution < -0.4 is 16.0 Å². The topological polar surface area (TPSA) is 92.6 Å². The van der Waals surface area contributed by atoms with Gasteiger partial charge in [-0.25, -0.2) is 4.79 Å². The number of carbonyl (C=O) groups excluding carboxylic acids is 1. The van der Waals surface area contributed by atoms with Crippen molar-refractivity contribution in [3.8, 4) is 0 Å². The van der Waals surface area contributed by atoms with E-state index < -0.39 is 11.7 Å². The van der Waals surface area contributed by atoms with E-state index in [0.717, 1.165) is 31.9 Å². The molecule has 1 aromatic rings. The maximum atomic E-state index is 11.5. The first kappa shape index (κ1) is 20.8. The Bertz CT molecular complexity index is 548. The Labute approximate surface area is 150 Å². The number of aromatic nitrogens is 2. The smallest absolute Gasteiger partial charge is 0.407 e. The van der Waals surface area contributed by atoms with E-state index in [-0.39, 0.29) is 0 Å². The molecule has 0 fully saturated rings. The highest BCUT2D eigenvalue weighted by Gasteiger charge is 2.15. The number of hydrogen-bond donors (Lipinski definition) is 3. The molecular weight excluding hydrogens is 320 g/mol. The van der Waals surface area contributed by atoms with Gasteiger partial charge in [0.1, 0.15) is 5.60 Å². The lowest BCUT2D eigenvalue weighted by Crippen LogP contribution is -2.38.